The Hall–Kier alpha value is -1.20. The first-order chi connectivity index (χ1) is 9.18. The Balaban J connectivity index is 1.76. The fraction of sp³-hybridized carbons (Fsp3) is 0.500. The summed E-state index contributed by atoms with van der Waals surface area (Å²) in [7, 11) is 1.83. The minimum Gasteiger partial charge on any atom is -0.491 e. The van der Waals surface area contributed by atoms with Crippen molar-refractivity contribution in [3.63, 3.8) is 0 Å². The monoisotopic (exact) mass is 280 g/mol. The molecule has 1 N–H and O–H groups in total. The van der Waals surface area contributed by atoms with Crippen LogP contribution in [0.1, 0.15) is 5.56 Å². The van der Waals surface area contributed by atoms with Crippen LogP contribution >= 0.6 is 11.8 Å². The number of carbonyl (C=O) groups is 1. The summed E-state index contributed by atoms with van der Waals surface area (Å²) in [5.41, 5.74) is 1.12. The van der Waals surface area contributed by atoms with Crippen molar-refractivity contribution in [1.29, 1.82) is 0 Å². The van der Waals surface area contributed by atoms with Crippen molar-refractivity contribution < 1.29 is 9.53 Å². The standard InChI is InChI=1S/C14H20N2O2S/c1-11-5-3-4-6-13(11)18-8-7-16(2)14(17)12-9-19-10-15-12/h3-6,12,15H,7-10H2,1-2H3. The number of aryl methyl sites for hydroxylation is 1. The lowest BCUT2D eigenvalue weighted by Crippen LogP contribution is -2.44. The third-order valence-corrected chi connectivity index (χ3v) is 4.11. The predicted molar refractivity (Wildman–Crippen MR) is 78.6 cm³/mol. The smallest absolute Gasteiger partial charge is 0.240 e. The molecule has 1 aliphatic rings. The SMILES string of the molecule is Cc1ccccc1OCCN(C)C(=O)C1CSCN1. The van der Waals surface area contributed by atoms with Crippen molar-refractivity contribution in [2.45, 2.75) is 13.0 Å². The number of amides is 1. The summed E-state index contributed by atoms with van der Waals surface area (Å²) in [5.74, 6) is 2.77. The molecule has 0 aliphatic carbocycles. The van der Waals surface area contributed by atoms with Gasteiger partial charge in [0.15, 0.2) is 0 Å². The zero-order chi connectivity index (χ0) is 13.7. The topological polar surface area (TPSA) is 41.6 Å². The number of likely N-dealkylation sites (N-methyl/N-ethyl adjacent to an activating group) is 1. The van der Waals surface area contributed by atoms with Crippen LogP contribution in [0.5, 0.6) is 5.75 Å². The van der Waals surface area contributed by atoms with Crippen molar-refractivity contribution >= 4 is 17.7 Å². The molecule has 1 heterocycles. The van der Waals surface area contributed by atoms with Crippen LogP contribution < -0.4 is 10.1 Å². The molecule has 0 radical (unpaired) electrons. The van der Waals surface area contributed by atoms with Gasteiger partial charge in [0.1, 0.15) is 12.4 Å². The summed E-state index contributed by atoms with van der Waals surface area (Å²) in [6.07, 6.45) is 0. The highest BCUT2D eigenvalue weighted by Crippen LogP contribution is 2.16. The lowest BCUT2D eigenvalue weighted by Gasteiger charge is -2.21. The largest absolute Gasteiger partial charge is 0.491 e. The van der Waals surface area contributed by atoms with Gasteiger partial charge >= 0.3 is 0 Å². The first-order valence-electron chi connectivity index (χ1n) is 6.43. The van der Waals surface area contributed by atoms with Crippen LogP contribution in [0.15, 0.2) is 24.3 Å². The minimum absolute atomic E-state index is 0.0338. The first-order valence-corrected chi connectivity index (χ1v) is 7.58. The number of carbonyl (C=O) groups excluding carboxylic acids is 1. The van der Waals surface area contributed by atoms with E-state index in [1.165, 1.54) is 0 Å². The molecule has 1 aromatic rings. The first kappa shape index (κ1) is 14.2. The van der Waals surface area contributed by atoms with Gasteiger partial charge in [-0.05, 0) is 18.6 Å². The number of rotatable bonds is 5. The van der Waals surface area contributed by atoms with Crippen molar-refractivity contribution in [1.82, 2.24) is 10.2 Å². The molecule has 4 nitrogen and oxygen atoms in total. The maximum atomic E-state index is 12.0. The molecule has 0 aromatic heterocycles. The Morgan fingerprint density at radius 2 is 2.32 bits per heavy atom. The summed E-state index contributed by atoms with van der Waals surface area (Å²) in [6, 6.07) is 7.88. The number of nitrogens with zero attached hydrogens (tertiary/aromatic N) is 1. The average molecular weight is 280 g/mol. The van der Waals surface area contributed by atoms with Gasteiger partial charge in [-0.2, -0.15) is 0 Å². The fourth-order valence-corrected chi connectivity index (χ4v) is 2.87. The Morgan fingerprint density at radius 1 is 1.53 bits per heavy atom. The van der Waals surface area contributed by atoms with Gasteiger partial charge in [-0.25, -0.2) is 0 Å². The van der Waals surface area contributed by atoms with E-state index in [4.69, 9.17) is 4.74 Å². The van der Waals surface area contributed by atoms with E-state index in [2.05, 4.69) is 5.32 Å². The van der Waals surface area contributed by atoms with Gasteiger partial charge in [-0.3, -0.25) is 10.1 Å². The van der Waals surface area contributed by atoms with E-state index in [1.54, 1.807) is 16.7 Å². The number of hydrogen-bond donors (Lipinski definition) is 1. The molecule has 1 aliphatic heterocycles. The molecule has 1 unspecified atom stereocenters. The Kier molecular flexibility index (Phi) is 5.10. The van der Waals surface area contributed by atoms with E-state index >= 15 is 0 Å². The summed E-state index contributed by atoms with van der Waals surface area (Å²) in [5, 5.41) is 3.19. The lowest BCUT2D eigenvalue weighted by molar-refractivity contribution is -0.131. The van der Waals surface area contributed by atoms with Gasteiger partial charge in [0.2, 0.25) is 5.91 Å². The van der Waals surface area contributed by atoms with E-state index in [9.17, 15) is 4.79 Å². The van der Waals surface area contributed by atoms with Crippen LogP contribution in [0.2, 0.25) is 0 Å². The Labute approximate surface area is 118 Å². The van der Waals surface area contributed by atoms with Crippen molar-refractivity contribution in [3.05, 3.63) is 29.8 Å². The zero-order valence-corrected chi connectivity index (χ0v) is 12.2. The molecule has 1 saturated heterocycles. The fourth-order valence-electron chi connectivity index (χ4n) is 1.94. The second-order valence-electron chi connectivity index (χ2n) is 4.65. The van der Waals surface area contributed by atoms with Crippen molar-refractivity contribution in [2.75, 3.05) is 31.8 Å². The maximum absolute atomic E-state index is 12.0. The molecule has 1 amide bonds. The highest BCUT2D eigenvalue weighted by Gasteiger charge is 2.25. The quantitative estimate of drug-likeness (QED) is 0.887. The molecular formula is C14H20N2O2S. The third kappa shape index (κ3) is 3.88. The second kappa shape index (κ2) is 6.82. The highest BCUT2D eigenvalue weighted by atomic mass is 32.2. The molecule has 5 heteroatoms. The van der Waals surface area contributed by atoms with Gasteiger partial charge in [0.25, 0.3) is 0 Å². The molecule has 1 atom stereocenters. The summed E-state index contributed by atoms with van der Waals surface area (Å²) in [4.78, 5) is 13.8. The van der Waals surface area contributed by atoms with Crippen LogP contribution in [0.4, 0.5) is 0 Å². The Bertz CT molecular complexity index is 433. The summed E-state index contributed by atoms with van der Waals surface area (Å²) in [6.45, 7) is 3.15. The van der Waals surface area contributed by atoms with Crippen molar-refractivity contribution in [2.24, 2.45) is 0 Å². The molecular weight excluding hydrogens is 260 g/mol. The van der Waals surface area contributed by atoms with E-state index in [-0.39, 0.29) is 11.9 Å². The van der Waals surface area contributed by atoms with E-state index in [0.717, 1.165) is 22.9 Å². The number of nitrogens with one attached hydrogen (secondary N) is 1. The molecule has 0 spiro atoms. The number of ether oxygens (including phenoxy) is 1. The van der Waals surface area contributed by atoms with Gasteiger partial charge in [0, 0.05) is 18.7 Å². The number of thioether (sulfide) groups is 1. The molecule has 0 saturated carbocycles. The number of benzene rings is 1. The van der Waals surface area contributed by atoms with E-state index in [0.29, 0.717) is 13.2 Å². The van der Waals surface area contributed by atoms with Crippen LogP contribution in [0.25, 0.3) is 0 Å². The van der Waals surface area contributed by atoms with Crippen LogP contribution in [0, 0.1) is 6.92 Å². The number of hydrogen-bond acceptors (Lipinski definition) is 4. The molecule has 2 rings (SSSR count). The van der Waals surface area contributed by atoms with Gasteiger partial charge in [0.05, 0.1) is 12.6 Å². The van der Waals surface area contributed by atoms with Gasteiger partial charge in [-0.15, -0.1) is 11.8 Å². The molecule has 104 valence electrons. The second-order valence-corrected chi connectivity index (χ2v) is 5.68. The lowest BCUT2D eigenvalue weighted by atomic mass is 10.2. The molecule has 19 heavy (non-hydrogen) atoms. The van der Waals surface area contributed by atoms with E-state index < -0.39 is 0 Å². The summed E-state index contributed by atoms with van der Waals surface area (Å²) < 4.78 is 5.70. The molecule has 0 bridgehead atoms. The van der Waals surface area contributed by atoms with E-state index in [1.807, 2.05) is 38.2 Å². The van der Waals surface area contributed by atoms with Gasteiger partial charge < -0.3 is 9.64 Å². The number of para-hydroxylation sites is 1. The van der Waals surface area contributed by atoms with Crippen LogP contribution in [0.3, 0.4) is 0 Å². The van der Waals surface area contributed by atoms with Crippen LogP contribution in [-0.2, 0) is 4.79 Å². The Morgan fingerprint density at radius 3 is 3.00 bits per heavy atom. The summed E-state index contributed by atoms with van der Waals surface area (Å²) >= 11 is 1.76. The van der Waals surface area contributed by atoms with Crippen molar-refractivity contribution in [3.8, 4) is 5.75 Å². The zero-order valence-electron chi connectivity index (χ0n) is 11.4. The predicted octanol–water partition coefficient (Wildman–Crippen LogP) is 1.49. The molecule has 1 fully saturated rings. The van der Waals surface area contributed by atoms with Gasteiger partial charge in [-0.1, -0.05) is 18.2 Å². The average Bonchev–Trinajstić information content (AvgIpc) is 2.94. The normalized spacial score (nSPS) is 18.3. The maximum Gasteiger partial charge on any atom is 0.240 e. The highest BCUT2D eigenvalue weighted by molar-refractivity contribution is 7.99. The molecule has 1 aromatic carbocycles. The minimum atomic E-state index is -0.0338. The third-order valence-electron chi connectivity index (χ3n) is 3.17. The van der Waals surface area contributed by atoms with Crippen LogP contribution in [-0.4, -0.2) is 48.7 Å².